The Morgan fingerprint density at radius 1 is 0.762 bits per heavy atom. The van der Waals surface area contributed by atoms with Crippen molar-refractivity contribution < 1.29 is 69.3 Å². The van der Waals surface area contributed by atoms with Crippen LogP contribution in [0.15, 0.2) is 45.6 Å². The van der Waals surface area contributed by atoms with Gasteiger partial charge in [-0.25, -0.2) is 0 Å². The number of ether oxygens (including phenoxy) is 4. The summed E-state index contributed by atoms with van der Waals surface area (Å²) in [5.41, 5.74) is -0.779. The number of hydrogen-bond donors (Lipinski definition) is 9. The molecule has 9 N–H and O–H groups in total. The van der Waals surface area contributed by atoms with Crippen molar-refractivity contribution in [3.63, 3.8) is 0 Å². The van der Waals surface area contributed by atoms with Crippen LogP contribution < -0.4 is 10.2 Å². The van der Waals surface area contributed by atoms with Crippen molar-refractivity contribution in [2.75, 3.05) is 6.61 Å². The molecule has 0 amide bonds. The van der Waals surface area contributed by atoms with Gasteiger partial charge in [0.15, 0.2) is 23.5 Å². The highest BCUT2D eigenvalue weighted by Gasteiger charge is 2.47. The number of phenols is 2. The fourth-order valence-corrected chi connectivity index (χ4v) is 4.72. The van der Waals surface area contributed by atoms with Crippen LogP contribution in [-0.4, -0.2) is 114 Å². The molecule has 228 valence electrons. The molecule has 0 spiro atoms. The summed E-state index contributed by atoms with van der Waals surface area (Å²) in [5.74, 6) is -1.99. The number of fused-ring (bicyclic) bond motifs is 1. The summed E-state index contributed by atoms with van der Waals surface area (Å²) < 4.78 is 27.8. The van der Waals surface area contributed by atoms with Gasteiger partial charge in [-0.05, 0) is 37.3 Å². The molecule has 42 heavy (non-hydrogen) atoms. The Morgan fingerprint density at radius 2 is 1.45 bits per heavy atom. The molecule has 10 atom stereocenters. The molecule has 0 saturated carbocycles. The molecule has 2 aromatic carbocycles. The van der Waals surface area contributed by atoms with Gasteiger partial charge in [-0.1, -0.05) is 0 Å². The Morgan fingerprint density at radius 3 is 2.17 bits per heavy atom. The minimum Gasteiger partial charge on any atom is -0.504 e. The molecule has 2 aliphatic rings. The lowest BCUT2D eigenvalue weighted by molar-refractivity contribution is -0.318. The lowest BCUT2D eigenvalue weighted by atomic mass is 9.98. The van der Waals surface area contributed by atoms with Gasteiger partial charge in [-0.15, -0.1) is 0 Å². The van der Waals surface area contributed by atoms with Crippen LogP contribution in [0.5, 0.6) is 23.0 Å². The van der Waals surface area contributed by atoms with E-state index in [-0.39, 0.29) is 28.0 Å². The molecule has 1 aromatic heterocycles. The van der Waals surface area contributed by atoms with Gasteiger partial charge in [0, 0.05) is 11.6 Å². The van der Waals surface area contributed by atoms with Gasteiger partial charge in [0.25, 0.3) is 0 Å². The van der Waals surface area contributed by atoms with Crippen LogP contribution in [0.2, 0.25) is 0 Å². The van der Waals surface area contributed by atoms with Crippen LogP contribution in [0, 0.1) is 0 Å². The zero-order valence-electron chi connectivity index (χ0n) is 21.9. The number of rotatable bonds is 6. The smallest absolute Gasteiger partial charge is 0.235 e. The molecule has 0 bridgehead atoms. The van der Waals surface area contributed by atoms with Crippen molar-refractivity contribution in [2.45, 2.75) is 68.3 Å². The maximum Gasteiger partial charge on any atom is 0.235 e. The van der Waals surface area contributed by atoms with Crippen molar-refractivity contribution in [1.29, 1.82) is 0 Å². The first-order valence-electron chi connectivity index (χ1n) is 12.9. The quantitative estimate of drug-likeness (QED) is 0.149. The average Bonchev–Trinajstić information content (AvgIpc) is 2.97. The molecule has 2 fully saturated rings. The molecule has 2 saturated heterocycles. The summed E-state index contributed by atoms with van der Waals surface area (Å²) in [6.07, 6.45) is -14.9. The number of benzene rings is 2. The van der Waals surface area contributed by atoms with E-state index in [1.165, 1.54) is 31.2 Å². The van der Waals surface area contributed by atoms with Gasteiger partial charge in [-0.2, -0.15) is 0 Å². The largest absolute Gasteiger partial charge is 0.504 e. The van der Waals surface area contributed by atoms with Crippen LogP contribution in [0.4, 0.5) is 0 Å². The fourth-order valence-electron chi connectivity index (χ4n) is 4.72. The highest BCUT2D eigenvalue weighted by molar-refractivity contribution is 5.83. The van der Waals surface area contributed by atoms with Crippen molar-refractivity contribution >= 4 is 11.0 Å². The van der Waals surface area contributed by atoms with Crippen LogP contribution in [0.1, 0.15) is 6.92 Å². The van der Waals surface area contributed by atoms with Gasteiger partial charge in [0.2, 0.25) is 17.5 Å². The second-order valence-electron chi connectivity index (χ2n) is 10.1. The zero-order chi connectivity index (χ0) is 30.5. The zero-order valence-corrected chi connectivity index (χ0v) is 21.9. The van der Waals surface area contributed by atoms with Gasteiger partial charge in [0.1, 0.15) is 54.1 Å². The number of aliphatic hydroxyl groups excluding tert-OH is 6. The summed E-state index contributed by atoms with van der Waals surface area (Å²) in [7, 11) is 0. The first-order valence-corrected chi connectivity index (χ1v) is 12.9. The van der Waals surface area contributed by atoms with E-state index in [9.17, 15) is 50.8 Å². The van der Waals surface area contributed by atoms with Crippen LogP contribution >= 0.6 is 0 Å². The van der Waals surface area contributed by atoms with E-state index in [1.807, 2.05) is 0 Å². The lowest BCUT2D eigenvalue weighted by Crippen LogP contribution is -2.61. The number of phenolic OH excluding ortho intramolecular Hbond substituents is 2. The van der Waals surface area contributed by atoms with Gasteiger partial charge in [0.05, 0.1) is 18.1 Å². The normalized spacial score (nSPS) is 33.5. The third-order valence-corrected chi connectivity index (χ3v) is 7.23. The molecule has 3 heterocycles. The third-order valence-electron chi connectivity index (χ3n) is 7.23. The van der Waals surface area contributed by atoms with E-state index in [0.29, 0.717) is 0 Å². The number of aliphatic hydroxyl groups is 6. The Kier molecular flexibility index (Phi) is 8.30. The minimum atomic E-state index is -1.76. The molecular weight excluding hydrogens is 564 g/mol. The molecule has 2 aliphatic heterocycles. The number of aromatic hydroxyl groups is 3. The average molecular weight is 595 g/mol. The summed E-state index contributed by atoms with van der Waals surface area (Å²) in [5, 5.41) is 91.1. The molecule has 0 radical (unpaired) electrons. The Bertz CT molecular complexity index is 1490. The van der Waals surface area contributed by atoms with Crippen molar-refractivity contribution in [2.24, 2.45) is 0 Å². The fraction of sp³-hybridized carbons (Fsp3) is 0.444. The summed E-state index contributed by atoms with van der Waals surface area (Å²) >= 11 is 0. The van der Waals surface area contributed by atoms with Crippen LogP contribution in [0.25, 0.3) is 22.3 Å². The molecule has 0 aliphatic carbocycles. The van der Waals surface area contributed by atoms with E-state index in [1.54, 1.807) is 0 Å². The van der Waals surface area contributed by atoms with Gasteiger partial charge in [-0.3, -0.25) is 4.79 Å². The number of hydrogen-bond acceptors (Lipinski definition) is 15. The first kappa shape index (κ1) is 30.0. The molecular formula is C27H30O15. The SMILES string of the molecule is C[C@H]1O[C@@H](OC[C@H]2O[C@@H](Oc3ccc4c(=O)c(O)c(-c5ccc(O)c(O)c5)oc4c3)[C@H](O)[C@@H](O)[C@@H]2O)[C@H](O)[C@@H](O)[C@H]1O. The second kappa shape index (κ2) is 11.6. The van der Waals surface area contributed by atoms with E-state index >= 15 is 0 Å². The van der Waals surface area contributed by atoms with Crippen LogP contribution in [0.3, 0.4) is 0 Å². The highest BCUT2D eigenvalue weighted by atomic mass is 16.7. The first-order chi connectivity index (χ1) is 19.9. The third kappa shape index (κ3) is 5.49. The molecule has 5 rings (SSSR count). The minimum absolute atomic E-state index is 0.0138. The summed E-state index contributed by atoms with van der Waals surface area (Å²) in [4.78, 5) is 12.8. The summed E-state index contributed by atoms with van der Waals surface area (Å²) in [6, 6.07) is 7.37. The van der Waals surface area contributed by atoms with Crippen molar-refractivity contribution in [3.8, 4) is 34.3 Å². The van der Waals surface area contributed by atoms with Crippen LogP contribution in [-0.2, 0) is 14.2 Å². The Labute approximate surface area is 236 Å². The highest BCUT2D eigenvalue weighted by Crippen LogP contribution is 2.36. The Hall–Kier alpha value is -3.51. The predicted molar refractivity (Wildman–Crippen MR) is 139 cm³/mol. The second-order valence-corrected chi connectivity index (χ2v) is 10.1. The van der Waals surface area contributed by atoms with E-state index in [4.69, 9.17) is 23.4 Å². The monoisotopic (exact) mass is 594 g/mol. The molecule has 15 heteroatoms. The topological polar surface area (TPSA) is 249 Å². The summed E-state index contributed by atoms with van der Waals surface area (Å²) in [6.45, 7) is 0.966. The lowest BCUT2D eigenvalue weighted by Gasteiger charge is -2.42. The molecule has 15 nitrogen and oxygen atoms in total. The molecule has 0 unspecified atom stereocenters. The van der Waals surface area contributed by atoms with Gasteiger partial charge < -0.3 is 69.3 Å². The van der Waals surface area contributed by atoms with E-state index in [0.717, 1.165) is 12.1 Å². The predicted octanol–water partition coefficient (Wildman–Crippen LogP) is -1.39. The maximum absolute atomic E-state index is 12.8. The maximum atomic E-state index is 12.8. The van der Waals surface area contributed by atoms with Crippen molar-refractivity contribution in [3.05, 3.63) is 46.6 Å². The standard InChI is InChI=1S/C27H30O15/c1-9-17(30)20(33)23(36)26(39-9)38-8-16-19(32)21(34)24(37)27(42-16)40-11-3-4-12-15(7-11)41-25(22(35)18(12)31)10-2-5-13(28)14(29)6-10/h2-7,9,16-17,19-21,23-24,26-30,32-37H,8H2,1H3/t9-,16-,17+,19-,20+,21+,23-,24-,26-,27-/m1/s1. The Balaban J connectivity index is 1.35. The van der Waals surface area contributed by atoms with E-state index < -0.39 is 90.7 Å². The van der Waals surface area contributed by atoms with Gasteiger partial charge >= 0.3 is 0 Å². The van der Waals surface area contributed by atoms with E-state index in [2.05, 4.69) is 0 Å². The van der Waals surface area contributed by atoms with Crippen molar-refractivity contribution in [1.82, 2.24) is 0 Å². The molecule has 3 aromatic rings.